The third-order valence-electron chi connectivity index (χ3n) is 9.16. The monoisotopic (exact) mass is 593 g/mol. The Bertz CT molecular complexity index is 1410. The predicted octanol–water partition coefficient (Wildman–Crippen LogP) is 3.84. The standard InChI is InChI=1S/C27H33NO10P2/c1-27-13-12-18-17-9-7-16(29)14-15(17)6-8-19(18)22(27)10-11-23(27)38-25(31)21-5-3-2-4-20(21)24(30)28-26(39(32,33)34)40(35,36)37/h2-5,7,9,14,18-19,22-23,26,29H,6,8,10-13H2,1H3,(H,28,30)(H2,32,33,34)(H2,35,36,37)/t18-,19-,22+,23+,27+/m1/s1. The van der Waals surface area contributed by atoms with E-state index in [0.717, 1.165) is 32.1 Å². The van der Waals surface area contributed by atoms with Crippen molar-refractivity contribution in [1.82, 2.24) is 5.32 Å². The molecule has 0 aromatic heterocycles. The summed E-state index contributed by atoms with van der Waals surface area (Å²) in [7, 11) is -10.8. The summed E-state index contributed by atoms with van der Waals surface area (Å²) in [6, 6.07) is 11.1. The number of amides is 1. The molecule has 2 saturated carbocycles. The molecule has 1 amide bonds. The summed E-state index contributed by atoms with van der Waals surface area (Å²) >= 11 is 0. The highest BCUT2D eigenvalue weighted by Crippen LogP contribution is 2.62. The van der Waals surface area contributed by atoms with Crippen LogP contribution in [0.2, 0.25) is 0 Å². The van der Waals surface area contributed by atoms with Gasteiger partial charge in [0.25, 0.3) is 5.91 Å². The number of nitrogens with one attached hydrogen (secondary N) is 1. The third-order valence-corrected chi connectivity index (χ3v) is 12.5. The Morgan fingerprint density at radius 1 is 0.975 bits per heavy atom. The van der Waals surface area contributed by atoms with E-state index in [-0.39, 0.29) is 22.3 Å². The number of hydrogen-bond acceptors (Lipinski definition) is 6. The predicted molar refractivity (Wildman–Crippen MR) is 144 cm³/mol. The average Bonchev–Trinajstić information content (AvgIpc) is 3.21. The maximum Gasteiger partial charge on any atom is 0.360 e. The molecule has 40 heavy (non-hydrogen) atoms. The summed E-state index contributed by atoms with van der Waals surface area (Å²) in [5, 5.41) is 11.6. The summed E-state index contributed by atoms with van der Waals surface area (Å²) in [5.74, 6) is -0.581. The first-order valence-corrected chi connectivity index (χ1v) is 16.6. The molecule has 11 nitrogen and oxygen atoms in total. The average molecular weight is 594 g/mol. The van der Waals surface area contributed by atoms with Crippen LogP contribution in [0.4, 0.5) is 0 Å². The number of rotatable bonds is 6. The first-order chi connectivity index (χ1) is 18.7. The molecule has 2 aromatic carbocycles. The molecule has 2 aromatic rings. The van der Waals surface area contributed by atoms with E-state index in [4.69, 9.17) is 4.74 Å². The van der Waals surface area contributed by atoms with E-state index in [9.17, 15) is 43.4 Å². The van der Waals surface area contributed by atoms with Crippen LogP contribution >= 0.6 is 15.2 Å². The number of aromatic hydroxyl groups is 1. The molecule has 0 saturated heterocycles. The van der Waals surface area contributed by atoms with Crippen molar-refractivity contribution in [2.45, 2.75) is 63.0 Å². The molecule has 0 bridgehead atoms. The van der Waals surface area contributed by atoms with E-state index in [1.165, 1.54) is 35.4 Å². The highest BCUT2D eigenvalue weighted by molar-refractivity contribution is 7.70. The topological polar surface area (TPSA) is 191 Å². The Morgan fingerprint density at radius 3 is 2.33 bits per heavy atom. The van der Waals surface area contributed by atoms with Gasteiger partial charge in [-0.1, -0.05) is 25.1 Å². The Labute approximate surface area is 231 Å². The number of phenols is 1. The lowest BCUT2D eigenvalue weighted by Gasteiger charge is -2.50. The number of benzene rings is 2. The van der Waals surface area contributed by atoms with Gasteiger partial charge >= 0.3 is 21.2 Å². The van der Waals surface area contributed by atoms with Crippen LogP contribution in [0.1, 0.15) is 76.8 Å². The fourth-order valence-electron chi connectivity index (χ4n) is 7.33. The second-order valence-corrected chi connectivity index (χ2v) is 15.2. The Morgan fingerprint density at radius 2 is 1.65 bits per heavy atom. The van der Waals surface area contributed by atoms with Crippen LogP contribution in [0.5, 0.6) is 5.75 Å². The van der Waals surface area contributed by atoms with Gasteiger partial charge < -0.3 is 34.7 Å². The van der Waals surface area contributed by atoms with Gasteiger partial charge in [-0.25, -0.2) is 4.79 Å². The molecule has 0 spiro atoms. The molecule has 3 aliphatic carbocycles. The fourth-order valence-corrected chi connectivity index (χ4v) is 9.46. The molecule has 0 unspecified atom stereocenters. The fraction of sp³-hybridized carbons (Fsp3) is 0.481. The number of carbonyl (C=O) groups excluding carboxylic acids is 2. The van der Waals surface area contributed by atoms with Crippen LogP contribution < -0.4 is 5.32 Å². The molecule has 216 valence electrons. The zero-order valence-corrected chi connectivity index (χ0v) is 23.6. The molecule has 3 aliphatic rings. The summed E-state index contributed by atoms with van der Waals surface area (Å²) in [6.45, 7) is 2.15. The van der Waals surface area contributed by atoms with Gasteiger partial charge in [0.15, 0.2) is 0 Å². The van der Waals surface area contributed by atoms with Crippen molar-refractivity contribution in [3.63, 3.8) is 0 Å². The molecule has 13 heteroatoms. The second kappa shape index (κ2) is 10.4. The van der Waals surface area contributed by atoms with Crippen molar-refractivity contribution in [2.24, 2.45) is 17.3 Å². The van der Waals surface area contributed by atoms with Crippen molar-refractivity contribution in [1.29, 1.82) is 0 Å². The zero-order valence-electron chi connectivity index (χ0n) is 21.8. The number of fused-ring (bicyclic) bond motifs is 5. The first kappa shape index (κ1) is 29.0. The van der Waals surface area contributed by atoms with Gasteiger partial charge in [0.05, 0.1) is 11.1 Å². The zero-order chi connectivity index (χ0) is 29.0. The molecular formula is C27H33NO10P2. The third kappa shape index (κ3) is 5.27. The van der Waals surface area contributed by atoms with Gasteiger partial charge in [0, 0.05) is 5.41 Å². The maximum absolute atomic E-state index is 13.4. The quantitative estimate of drug-likeness (QED) is 0.212. The highest BCUT2D eigenvalue weighted by atomic mass is 31.2. The molecule has 5 rings (SSSR count). The molecule has 6 N–H and O–H groups in total. The molecule has 2 fully saturated rings. The minimum Gasteiger partial charge on any atom is -0.508 e. The summed E-state index contributed by atoms with van der Waals surface area (Å²) in [4.78, 5) is 63.7. The van der Waals surface area contributed by atoms with E-state index in [0.29, 0.717) is 24.2 Å². The normalized spacial score (nSPS) is 27.9. The van der Waals surface area contributed by atoms with Crippen molar-refractivity contribution >= 4 is 27.1 Å². The minimum absolute atomic E-state index is 0.165. The van der Waals surface area contributed by atoms with Gasteiger partial charge in [0.2, 0.25) is 5.52 Å². The largest absolute Gasteiger partial charge is 0.508 e. The van der Waals surface area contributed by atoms with Crippen molar-refractivity contribution in [3.8, 4) is 5.75 Å². The molecule has 0 radical (unpaired) electrons. The lowest BCUT2D eigenvalue weighted by Crippen LogP contribution is -2.45. The first-order valence-electron chi connectivity index (χ1n) is 13.2. The van der Waals surface area contributed by atoms with Crippen molar-refractivity contribution in [2.75, 3.05) is 0 Å². The van der Waals surface area contributed by atoms with Gasteiger partial charge in [-0.15, -0.1) is 0 Å². The summed E-state index contributed by atoms with van der Waals surface area (Å²) in [6.07, 6.45) is 4.78. The van der Waals surface area contributed by atoms with E-state index in [2.05, 4.69) is 6.92 Å². The number of phenolic OH excluding ortho intramolecular Hbond substituents is 1. The van der Waals surface area contributed by atoms with Gasteiger partial charge in [-0.3, -0.25) is 13.9 Å². The van der Waals surface area contributed by atoms with Crippen molar-refractivity contribution < 1.29 is 48.1 Å². The Balaban J connectivity index is 1.34. The van der Waals surface area contributed by atoms with Crippen LogP contribution in [0, 0.1) is 17.3 Å². The summed E-state index contributed by atoms with van der Waals surface area (Å²) in [5.41, 5.74) is -1.00. The Kier molecular flexibility index (Phi) is 7.53. The van der Waals surface area contributed by atoms with Crippen LogP contribution in [-0.4, -0.2) is 48.2 Å². The van der Waals surface area contributed by atoms with Gasteiger partial charge in [-0.2, -0.15) is 0 Å². The highest BCUT2D eigenvalue weighted by Gasteiger charge is 2.56. The van der Waals surface area contributed by atoms with Crippen LogP contribution in [0.25, 0.3) is 0 Å². The van der Waals surface area contributed by atoms with E-state index < -0.39 is 38.7 Å². The summed E-state index contributed by atoms with van der Waals surface area (Å²) < 4.78 is 29.3. The number of hydrogen-bond donors (Lipinski definition) is 6. The van der Waals surface area contributed by atoms with E-state index in [1.807, 2.05) is 12.1 Å². The van der Waals surface area contributed by atoms with Gasteiger partial charge in [-0.05, 0) is 91.7 Å². The number of esters is 1. The minimum atomic E-state index is -5.42. The second-order valence-electron chi connectivity index (χ2n) is 11.4. The maximum atomic E-state index is 13.4. The molecule has 0 aliphatic heterocycles. The molecule has 0 heterocycles. The number of ether oxygens (including phenoxy) is 1. The van der Waals surface area contributed by atoms with E-state index >= 15 is 0 Å². The number of aryl methyl sites for hydroxylation is 1. The molecular weight excluding hydrogens is 560 g/mol. The van der Waals surface area contributed by atoms with Crippen LogP contribution in [-0.2, 0) is 20.3 Å². The molecule has 5 atom stereocenters. The van der Waals surface area contributed by atoms with Crippen LogP contribution in [0.15, 0.2) is 42.5 Å². The Hall–Kier alpha value is -2.52. The van der Waals surface area contributed by atoms with Crippen LogP contribution in [0.3, 0.4) is 0 Å². The van der Waals surface area contributed by atoms with Gasteiger partial charge in [0.1, 0.15) is 11.9 Å². The SMILES string of the molecule is C[C@]12CC[C@@H]3c4ccc(O)cc4CC[C@H]3[C@@H]1CC[C@@H]2OC(=O)c1ccccc1C(=O)NC(P(=O)(O)O)P(=O)(O)O. The smallest absolute Gasteiger partial charge is 0.360 e. The lowest BCUT2D eigenvalue weighted by atomic mass is 9.55. The lowest BCUT2D eigenvalue weighted by molar-refractivity contribution is -0.0428. The van der Waals surface area contributed by atoms with Crippen molar-refractivity contribution in [3.05, 3.63) is 64.7 Å². The number of carbonyl (C=O) groups is 2. The van der Waals surface area contributed by atoms with E-state index in [1.54, 1.807) is 11.4 Å².